The Hall–Kier alpha value is -0.480. The molecule has 0 aromatic heterocycles. The van der Waals surface area contributed by atoms with Gasteiger partial charge in [0.05, 0.1) is 6.04 Å². The fourth-order valence-corrected chi connectivity index (χ4v) is 2.28. The summed E-state index contributed by atoms with van der Waals surface area (Å²) in [6, 6.07) is 1.00. The lowest BCUT2D eigenvalue weighted by Gasteiger charge is -2.16. The highest BCUT2D eigenvalue weighted by Gasteiger charge is 2.47. The molecule has 0 saturated heterocycles. The van der Waals surface area contributed by atoms with Gasteiger partial charge in [0, 0.05) is 6.04 Å². The van der Waals surface area contributed by atoms with Crippen LogP contribution in [0, 0.1) is 24.2 Å². The van der Waals surface area contributed by atoms with E-state index in [1.807, 2.05) is 0 Å². The van der Waals surface area contributed by atoms with E-state index in [1.54, 1.807) is 0 Å². The normalized spacial score (nSPS) is 42.7. The minimum Gasteiger partial charge on any atom is -0.301 e. The molecule has 0 amide bonds. The van der Waals surface area contributed by atoms with Gasteiger partial charge in [0.2, 0.25) is 0 Å². The van der Waals surface area contributed by atoms with Crippen molar-refractivity contribution in [2.45, 2.75) is 38.3 Å². The van der Waals surface area contributed by atoms with Crippen LogP contribution in [-0.2, 0) is 0 Å². The fraction of sp³-hybridized carbons (Fsp3) is 0.800. The Bertz CT molecular complexity index is 192. The minimum atomic E-state index is 0.263. The standard InChI is InChI=1S/C10H15N/c1-3-7(2)11-10-5-4-8-6-9(8)10/h1,7-11H,4-6H2,2H3/t7?,8-,9+,10?/m1/s1. The number of hydrogen-bond donors (Lipinski definition) is 1. The Labute approximate surface area is 68.6 Å². The van der Waals surface area contributed by atoms with Gasteiger partial charge >= 0.3 is 0 Å². The molecule has 2 aliphatic carbocycles. The maximum Gasteiger partial charge on any atom is 0.0660 e. The monoisotopic (exact) mass is 149 g/mol. The first kappa shape index (κ1) is 7.18. The number of hydrogen-bond acceptors (Lipinski definition) is 1. The van der Waals surface area contributed by atoms with Crippen LogP contribution in [-0.4, -0.2) is 12.1 Å². The van der Waals surface area contributed by atoms with Gasteiger partial charge in [-0.15, -0.1) is 6.42 Å². The van der Waals surface area contributed by atoms with Crippen molar-refractivity contribution < 1.29 is 0 Å². The smallest absolute Gasteiger partial charge is 0.0660 e. The van der Waals surface area contributed by atoms with Crippen LogP contribution in [0.1, 0.15) is 26.2 Å². The summed E-state index contributed by atoms with van der Waals surface area (Å²) >= 11 is 0. The van der Waals surface area contributed by atoms with Crippen LogP contribution >= 0.6 is 0 Å². The fourth-order valence-electron chi connectivity index (χ4n) is 2.28. The largest absolute Gasteiger partial charge is 0.301 e. The number of fused-ring (bicyclic) bond motifs is 1. The predicted molar refractivity (Wildman–Crippen MR) is 46.0 cm³/mol. The molecule has 1 nitrogen and oxygen atoms in total. The van der Waals surface area contributed by atoms with Gasteiger partial charge in [0.15, 0.2) is 0 Å². The van der Waals surface area contributed by atoms with Gasteiger partial charge in [-0.1, -0.05) is 5.92 Å². The summed E-state index contributed by atoms with van der Waals surface area (Å²) in [5, 5.41) is 3.48. The second-order valence-corrected chi connectivity index (χ2v) is 3.90. The van der Waals surface area contributed by atoms with Gasteiger partial charge in [0.1, 0.15) is 0 Å². The molecule has 0 spiro atoms. The van der Waals surface area contributed by atoms with E-state index in [9.17, 15) is 0 Å². The predicted octanol–water partition coefficient (Wildman–Crippen LogP) is 1.40. The van der Waals surface area contributed by atoms with Crippen molar-refractivity contribution in [1.82, 2.24) is 5.32 Å². The van der Waals surface area contributed by atoms with Gasteiger partial charge < -0.3 is 5.32 Å². The Kier molecular flexibility index (Phi) is 1.65. The average Bonchev–Trinajstić information content (AvgIpc) is 2.70. The summed E-state index contributed by atoms with van der Waals surface area (Å²) in [5.41, 5.74) is 0. The van der Waals surface area contributed by atoms with Gasteiger partial charge in [-0.3, -0.25) is 0 Å². The SMILES string of the molecule is C#CC(C)NC1CC[C@@H]2C[C@H]12. The quantitative estimate of drug-likeness (QED) is 0.585. The third-order valence-electron chi connectivity index (χ3n) is 3.06. The van der Waals surface area contributed by atoms with Crippen LogP contribution in [0.2, 0.25) is 0 Å². The lowest BCUT2D eigenvalue weighted by Crippen LogP contribution is -2.35. The van der Waals surface area contributed by atoms with Crippen LogP contribution in [0.3, 0.4) is 0 Å². The van der Waals surface area contributed by atoms with Crippen molar-refractivity contribution in [3.63, 3.8) is 0 Å². The molecule has 2 fully saturated rings. The van der Waals surface area contributed by atoms with E-state index in [0.29, 0.717) is 0 Å². The molecule has 0 heterocycles. The number of terminal acetylenes is 1. The molecule has 2 unspecified atom stereocenters. The van der Waals surface area contributed by atoms with Crippen molar-refractivity contribution in [1.29, 1.82) is 0 Å². The first-order valence-corrected chi connectivity index (χ1v) is 4.53. The Morgan fingerprint density at radius 2 is 2.36 bits per heavy atom. The van der Waals surface area contributed by atoms with Crippen LogP contribution < -0.4 is 5.32 Å². The van der Waals surface area contributed by atoms with Crippen molar-refractivity contribution >= 4 is 0 Å². The maximum absolute atomic E-state index is 5.30. The van der Waals surface area contributed by atoms with Crippen LogP contribution in [0.4, 0.5) is 0 Å². The van der Waals surface area contributed by atoms with Crippen molar-refractivity contribution in [3.8, 4) is 12.3 Å². The topological polar surface area (TPSA) is 12.0 Å². The highest BCUT2D eigenvalue weighted by atomic mass is 15.0. The molecular formula is C10H15N. The summed E-state index contributed by atoms with van der Waals surface area (Å²) in [7, 11) is 0. The zero-order valence-electron chi connectivity index (χ0n) is 7.01. The van der Waals surface area contributed by atoms with Crippen LogP contribution in [0.25, 0.3) is 0 Å². The lowest BCUT2D eigenvalue weighted by molar-refractivity contribution is 0.458. The molecule has 0 bridgehead atoms. The second kappa shape index (κ2) is 2.53. The van der Waals surface area contributed by atoms with Crippen molar-refractivity contribution in [2.75, 3.05) is 0 Å². The molecule has 0 aliphatic heterocycles. The van der Waals surface area contributed by atoms with E-state index >= 15 is 0 Å². The molecule has 11 heavy (non-hydrogen) atoms. The van der Waals surface area contributed by atoms with Gasteiger partial charge in [-0.05, 0) is 38.0 Å². The van der Waals surface area contributed by atoms with E-state index in [1.165, 1.54) is 19.3 Å². The molecular weight excluding hydrogens is 134 g/mol. The zero-order chi connectivity index (χ0) is 7.84. The van der Waals surface area contributed by atoms with E-state index in [-0.39, 0.29) is 6.04 Å². The zero-order valence-corrected chi connectivity index (χ0v) is 7.01. The second-order valence-electron chi connectivity index (χ2n) is 3.90. The van der Waals surface area contributed by atoms with Gasteiger partial charge in [-0.25, -0.2) is 0 Å². The highest BCUT2D eigenvalue weighted by Crippen LogP contribution is 2.51. The van der Waals surface area contributed by atoms with E-state index in [2.05, 4.69) is 18.2 Å². The van der Waals surface area contributed by atoms with E-state index in [4.69, 9.17) is 6.42 Å². The number of nitrogens with one attached hydrogen (secondary N) is 1. The van der Waals surface area contributed by atoms with Gasteiger partial charge in [0.25, 0.3) is 0 Å². The number of rotatable bonds is 2. The molecule has 0 aromatic rings. The third-order valence-corrected chi connectivity index (χ3v) is 3.06. The Morgan fingerprint density at radius 1 is 1.55 bits per heavy atom. The molecule has 1 heteroatoms. The summed E-state index contributed by atoms with van der Waals surface area (Å²) in [6.45, 7) is 2.07. The molecule has 2 aliphatic rings. The molecule has 2 rings (SSSR count). The molecule has 1 N–H and O–H groups in total. The van der Waals surface area contributed by atoms with E-state index in [0.717, 1.165) is 17.9 Å². The molecule has 60 valence electrons. The molecule has 4 atom stereocenters. The van der Waals surface area contributed by atoms with Crippen molar-refractivity contribution in [2.24, 2.45) is 11.8 Å². The van der Waals surface area contributed by atoms with Crippen LogP contribution in [0.15, 0.2) is 0 Å². The summed E-state index contributed by atoms with van der Waals surface area (Å²) in [4.78, 5) is 0. The average molecular weight is 149 g/mol. The summed E-state index contributed by atoms with van der Waals surface area (Å²) in [5.74, 6) is 4.75. The molecule has 2 saturated carbocycles. The van der Waals surface area contributed by atoms with Crippen molar-refractivity contribution in [3.05, 3.63) is 0 Å². The summed E-state index contributed by atoms with van der Waals surface area (Å²) in [6.07, 6.45) is 9.53. The minimum absolute atomic E-state index is 0.263. The summed E-state index contributed by atoms with van der Waals surface area (Å²) < 4.78 is 0. The maximum atomic E-state index is 5.30. The Morgan fingerprint density at radius 3 is 2.82 bits per heavy atom. The Balaban J connectivity index is 1.83. The molecule has 0 aromatic carbocycles. The molecule has 0 radical (unpaired) electrons. The third kappa shape index (κ3) is 1.28. The first-order valence-electron chi connectivity index (χ1n) is 4.53. The van der Waals surface area contributed by atoms with Gasteiger partial charge in [-0.2, -0.15) is 0 Å². The van der Waals surface area contributed by atoms with E-state index < -0.39 is 0 Å². The first-order chi connectivity index (χ1) is 5.31. The van der Waals surface area contributed by atoms with Crippen LogP contribution in [0.5, 0.6) is 0 Å². The lowest BCUT2D eigenvalue weighted by atomic mass is 10.1. The highest BCUT2D eigenvalue weighted by molar-refractivity contribution is 5.05.